The molecule has 0 aromatic rings. The van der Waals surface area contributed by atoms with E-state index < -0.39 is 5.54 Å². The van der Waals surface area contributed by atoms with E-state index in [4.69, 9.17) is 16.3 Å². The molecule has 1 atom stereocenters. The largest absolute Gasteiger partial charge is 0.446 e. The topological polar surface area (TPSA) is 29.5 Å². The van der Waals surface area contributed by atoms with Crippen LogP contribution in [0, 0.1) is 0 Å². The SMILES string of the molecule is C[C@]1(CCl)COC(=O)N1Br. The summed E-state index contributed by atoms with van der Waals surface area (Å²) < 4.78 is 6.07. The molecule has 1 rings (SSSR count). The molecule has 0 bridgehead atoms. The monoisotopic (exact) mass is 227 g/mol. The molecule has 0 saturated carbocycles. The fourth-order valence-electron chi connectivity index (χ4n) is 0.642. The van der Waals surface area contributed by atoms with E-state index in [1.807, 2.05) is 6.92 Å². The fraction of sp³-hybridized carbons (Fsp3) is 0.800. The number of carbonyl (C=O) groups is 1. The molecule has 1 saturated heterocycles. The second kappa shape index (κ2) is 2.58. The Kier molecular flexibility index (Phi) is 2.10. The minimum absolute atomic E-state index is 0.348. The van der Waals surface area contributed by atoms with Crippen LogP contribution >= 0.6 is 27.7 Å². The van der Waals surface area contributed by atoms with Gasteiger partial charge in [-0.25, -0.2) is 8.72 Å². The molecular weight excluding hydrogens is 221 g/mol. The second-order valence-corrected chi connectivity index (χ2v) is 3.44. The number of ether oxygens (including phenoxy) is 1. The van der Waals surface area contributed by atoms with Gasteiger partial charge in [0.15, 0.2) is 0 Å². The van der Waals surface area contributed by atoms with Gasteiger partial charge in [0, 0.05) is 5.88 Å². The summed E-state index contributed by atoms with van der Waals surface area (Å²) in [6.07, 6.45) is -0.372. The highest BCUT2D eigenvalue weighted by Crippen LogP contribution is 2.28. The first-order chi connectivity index (χ1) is 4.60. The normalized spacial score (nSPS) is 32.7. The molecule has 0 unspecified atom stereocenters. The van der Waals surface area contributed by atoms with Crippen molar-refractivity contribution in [3.8, 4) is 0 Å². The number of amides is 1. The van der Waals surface area contributed by atoms with Crippen molar-refractivity contribution in [2.24, 2.45) is 0 Å². The number of hydrogen-bond donors (Lipinski definition) is 0. The van der Waals surface area contributed by atoms with Gasteiger partial charge in [0.25, 0.3) is 0 Å². The smallest absolute Gasteiger partial charge is 0.420 e. The third-order valence-electron chi connectivity index (χ3n) is 1.43. The van der Waals surface area contributed by atoms with Crippen molar-refractivity contribution in [2.75, 3.05) is 12.5 Å². The minimum atomic E-state index is -0.390. The lowest BCUT2D eigenvalue weighted by molar-refractivity contribution is 0.171. The van der Waals surface area contributed by atoms with E-state index >= 15 is 0 Å². The summed E-state index contributed by atoms with van der Waals surface area (Å²) in [4.78, 5) is 10.7. The van der Waals surface area contributed by atoms with Crippen LogP contribution in [0.5, 0.6) is 0 Å². The van der Waals surface area contributed by atoms with E-state index in [2.05, 4.69) is 16.1 Å². The average Bonchev–Trinajstić information content (AvgIpc) is 2.19. The Morgan fingerprint density at radius 2 is 2.60 bits per heavy atom. The van der Waals surface area contributed by atoms with Crippen molar-refractivity contribution in [3.05, 3.63) is 0 Å². The average molecular weight is 228 g/mol. The summed E-state index contributed by atoms with van der Waals surface area (Å²) in [5, 5.41) is 0. The van der Waals surface area contributed by atoms with Crippen LogP contribution in [-0.4, -0.2) is 28.0 Å². The van der Waals surface area contributed by atoms with E-state index in [-0.39, 0.29) is 6.09 Å². The molecule has 1 aliphatic heterocycles. The molecular formula is C5H7BrClNO2. The van der Waals surface area contributed by atoms with E-state index in [1.165, 1.54) is 3.93 Å². The maximum atomic E-state index is 10.7. The summed E-state index contributed by atoms with van der Waals surface area (Å²) in [5.41, 5.74) is -0.390. The number of nitrogens with zero attached hydrogens (tertiary/aromatic N) is 1. The Balaban J connectivity index is 2.73. The minimum Gasteiger partial charge on any atom is -0.446 e. The number of hydrogen-bond acceptors (Lipinski definition) is 2. The van der Waals surface area contributed by atoms with Crippen molar-refractivity contribution in [2.45, 2.75) is 12.5 Å². The van der Waals surface area contributed by atoms with E-state index in [0.29, 0.717) is 12.5 Å². The van der Waals surface area contributed by atoms with Gasteiger partial charge in [0.05, 0.1) is 16.1 Å². The third kappa shape index (κ3) is 1.10. The molecule has 0 aromatic carbocycles. The Morgan fingerprint density at radius 1 is 2.00 bits per heavy atom. The van der Waals surface area contributed by atoms with Gasteiger partial charge in [0.1, 0.15) is 12.1 Å². The number of rotatable bonds is 1. The molecule has 0 radical (unpaired) electrons. The first-order valence-electron chi connectivity index (χ1n) is 2.79. The van der Waals surface area contributed by atoms with Gasteiger partial charge in [-0.1, -0.05) is 0 Å². The van der Waals surface area contributed by atoms with Crippen LogP contribution in [0.1, 0.15) is 6.92 Å². The first-order valence-corrected chi connectivity index (χ1v) is 4.03. The Bertz CT molecular complexity index is 166. The van der Waals surface area contributed by atoms with Gasteiger partial charge in [-0.3, -0.25) is 0 Å². The van der Waals surface area contributed by atoms with Crippen molar-refractivity contribution in [3.63, 3.8) is 0 Å². The second-order valence-electron chi connectivity index (χ2n) is 2.47. The molecule has 1 aliphatic rings. The molecule has 3 nitrogen and oxygen atoms in total. The summed E-state index contributed by atoms with van der Waals surface area (Å²) in [6, 6.07) is 0. The number of carbonyl (C=O) groups excluding carboxylic acids is 1. The first kappa shape index (κ1) is 8.14. The molecule has 0 aliphatic carbocycles. The number of cyclic esters (lactones) is 1. The Hall–Kier alpha value is 0.0400. The Labute approximate surface area is 72.6 Å². The molecule has 1 heterocycles. The highest BCUT2D eigenvalue weighted by atomic mass is 79.9. The van der Waals surface area contributed by atoms with Crippen LogP contribution in [0.3, 0.4) is 0 Å². The molecule has 5 heteroatoms. The van der Waals surface area contributed by atoms with E-state index in [0.717, 1.165) is 0 Å². The van der Waals surface area contributed by atoms with Gasteiger partial charge in [-0.2, -0.15) is 0 Å². The van der Waals surface area contributed by atoms with E-state index in [9.17, 15) is 4.79 Å². The van der Waals surface area contributed by atoms with Crippen molar-refractivity contribution < 1.29 is 9.53 Å². The van der Waals surface area contributed by atoms with Crippen molar-refractivity contribution in [1.29, 1.82) is 0 Å². The molecule has 10 heavy (non-hydrogen) atoms. The number of alkyl halides is 1. The van der Waals surface area contributed by atoms with Crippen LogP contribution in [0.25, 0.3) is 0 Å². The summed E-state index contributed by atoms with van der Waals surface area (Å²) in [6.45, 7) is 2.19. The van der Waals surface area contributed by atoms with Crippen LogP contribution < -0.4 is 0 Å². The summed E-state index contributed by atoms with van der Waals surface area (Å²) in [5.74, 6) is 0.365. The molecule has 0 spiro atoms. The lowest BCUT2D eigenvalue weighted by Gasteiger charge is -2.22. The van der Waals surface area contributed by atoms with E-state index in [1.54, 1.807) is 0 Å². The predicted octanol–water partition coefficient (Wildman–Crippen LogP) is 1.75. The van der Waals surface area contributed by atoms with Gasteiger partial charge in [0.2, 0.25) is 0 Å². The molecule has 0 aromatic heterocycles. The van der Waals surface area contributed by atoms with Crippen LogP contribution in [0.15, 0.2) is 0 Å². The zero-order chi connectivity index (χ0) is 7.78. The molecule has 58 valence electrons. The Morgan fingerprint density at radius 3 is 2.80 bits per heavy atom. The highest BCUT2D eigenvalue weighted by molar-refractivity contribution is 9.07. The summed E-state index contributed by atoms with van der Waals surface area (Å²) in [7, 11) is 0. The predicted molar refractivity (Wildman–Crippen MR) is 41.2 cm³/mol. The fourth-order valence-corrected chi connectivity index (χ4v) is 1.31. The molecule has 1 amide bonds. The van der Waals surface area contributed by atoms with Crippen molar-refractivity contribution in [1.82, 2.24) is 3.93 Å². The van der Waals surface area contributed by atoms with Gasteiger partial charge in [-0.15, -0.1) is 11.6 Å². The standard InChI is InChI=1S/C5H7BrClNO2/c1-5(2-7)3-10-4(9)8(5)6/h2-3H2,1H3/t5-/m0/s1. The third-order valence-corrected chi connectivity index (χ3v) is 3.15. The van der Waals surface area contributed by atoms with Gasteiger partial charge >= 0.3 is 6.09 Å². The summed E-state index contributed by atoms with van der Waals surface area (Å²) >= 11 is 8.67. The molecule has 1 fully saturated rings. The zero-order valence-electron chi connectivity index (χ0n) is 5.43. The lowest BCUT2D eigenvalue weighted by Crippen LogP contribution is -2.39. The van der Waals surface area contributed by atoms with Crippen LogP contribution in [0.4, 0.5) is 4.79 Å². The molecule has 0 N–H and O–H groups in total. The maximum Gasteiger partial charge on any atom is 0.420 e. The van der Waals surface area contributed by atoms with Crippen LogP contribution in [0.2, 0.25) is 0 Å². The van der Waals surface area contributed by atoms with Gasteiger partial charge < -0.3 is 4.74 Å². The van der Waals surface area contributed by atoms with Crippen molar-refractivity contribution >= 4 is 33.8 Å². The van der Waals surface area contributed by atoms with Crippen LogP contribution in [-0.2, 0) is 4.74 Å². The number of halogens is 2. The maximum absolute atomic E-state index is 10.7. The van der Waals surface area contributed by atoms with Gasteiger partial charge in [-0.05, 0) is 6.92 Å². The quantitative estimate of drug-likeness (QED) is 0.505. The lowest BCUT2D eigenvalue weighted by atomic mass is 10.1. The highest BCUT2D eigenvalue weighted by Gasteiger charge is 2.42. The zero-order valence-corrected chi connectivity index (χ0v) is 7.78.